The highest BCUT2D eigenvalue weighted by atomic mass is 16.6. The molecule has 0 aromatic heterocycles. The van der Waals surface area contributed by atoms with Crippen molar-refractivity contribution < 1.29 is 76.3 Å². The Labute approximate surface area is 684 Å². The van der Waals surface area contributed by atoms with Gasteiger partial charge >= 0.3 is 48.3 Å². The highest BCUT2D eigenvalue weighted by Gasteiger charge is 2.55. The number of likely N-dealkylation sites (tertiary alicyclic amines) is 4. The lowest BCUT2D eigenvalue weighted by molar-refractivity contribution is -0.193. The SMILES string of the molecule is CCC(C)(C)OC(=O)N1CCC(OC(=O)C(C)(C)CC)(C(C)(C)C)CC1.CCC(CC)(CC)OC(=O)N1CCC(OC(=O)C(C)(C)CC)(C(C)(C)C)CC1.CCCC(C)(C)OC(=O)N1CCC(OC(=O)C(C)(C)CC)(C(C)(C)C)CC1.CCCC(CCC)(CCC)OC(=O)N1CCC(OC(=O)C(C)(C)CC)(C(C)(C)C)CC1. The summed E-state index contributed by atoms with van der Waals surface area (Å²) in [7, 11) is 0. The molecule has 656 valence electrons. The van der Waals surface area contributed by atoms with Gasteiger partial charge in [-0.2, -0.15) is 0 Å². The van der Waals surface area contributed by atoms with E-state index in [1.165, 1.54) is 0 Å². The molecular weight excluding hydrogens is 1420 g/mol. The van der Waals surface area contributed by atoms with Gasteiger partial charge in [-0.25, -0.2) is 19.2 Å². The Balaban J connectivity index is 0.000000748. The van der Waals surface area contributed by atoms with Crippen molar-refractivity contribution >= 4 is 48.3 Å². The van der Waals surface area contributed by atoms with E-state index in [1.807, 2.05) is 123 Å². The first-order valence-corrected chi connectivity index (χ1v) is 43.9. The first kappa shape index (κ1) is 105. The van der Waals surface area contributed by atoms with Gasteiger partial charge < -0.3 is 57.5 Å². The van der Waals surface area contributed by atoms with Crippen LogP contribution < -0.4 is 0 Å². The van der Waals surface area contributed by atoms with E-state index in [2.05, 4.69) is 132 Å². The van der Waals surface area contributed by atoms with Crippen molar-refractivity contribution in [3.63, 3.8) is 0 Å². The number of rotatable bonds is 28. The molecule has 0 N–H and O–H groups in total. The second kappa shape index (κ2) is 41.9. The number of piperidine rings is 4. The normalized spacial score (nSPS) is 18.0. The number of carbonyl (C=O) groups is 8. The number of nitrogens with zero attached hydrogens (tertiary/aromatic N) is 4. The summed E-state index contributed by atoms with van der Waals surface area (Å²) in [5, 5.41) is 0. The van der Waals surface area contributed by atoms with Crippen molar-refractivity contribution in [3.05, 3.63) is 0 Å². The molecule has 4 heterocycles. The number of ether oxygens (including phenoxy) is 8. The molecule has 0 atom stereocenters. The smallest absolute Gasteiger partial charge is 0.410 e. The Morgan fingerprint density at radius 2 is 0.429 bits per heavy atom. The second-order valence-electron chi connectivity index (χ2n) is 41.2. The summed E-state index contributed by atoms with van der Waals surface area (Å²) in [4.78, 5) is 109. The molecule has 4 rings (SSSR count). The van der Waals surface area contributed by atoms with Crippen LogP contribution in [0.2, 0.25) is 0 Å². The molecule has 0 aromatic rings. The quantitative estimate of drug-likeness (QED) is 0.0524. The number of hydrogen-bond acceptors (Lipinski definition) is 16. The zero-order valence-corrected chi connectivity index (χ0v) is 78.9. The van der Waals surface area contributed by atoms with Crippen LogP contribution in [0.4, 0.5) is 19.2 Å². The van der Waals surface area contributed by atoms with E-state index < -0.39 is 55.3 Å². The van der Waals surface area contributed by atoms with Crippen LogP contribution in [0, 0.1) is 43.3 Å². The molecule has 0 radical (unpaired) electrons. The molecule has 4 amide bonds. The Morgan fingerprint density at radius 1 is 0.241 bits per heavy atom. The fourth-order valence-electron chi connectivity index (χ4n) is 14.8. The molecule has 0 saturated carbocycles. The minimum atomic E-state index is -0.569. The summed E-state index contributed by atoms with van der Waals surface area (Å²) in [6.07, 6.45) is 17.7. The van der Waals surface area contributed by atoms with Gasteiger partial charge in [0, 0.05) is 125 Å². The van der Waals surface area contributed by atoms with Crippen molar-refractivity contribution in [2.45, 2.75) is 448 Å². The van der Waals surface area contributed by atoms with Gasteiger partial charge in [-0.15, -0.1) is 0 Å². The van der Waals surface area contributed by atoms with E-state index in [1.54, 1.807) is 14.7 Å². The molecule has 4 aliphatic heterocycles. The molecule has 4 aliphatic rings. The lowest BCUT2D eigenvalue weighted by Crippen LogP contribution is -2.57. The van der Waals surface area contributed by atoms with E-state index in [9.17, 15) is 38.4 Å². The van der Waals surface area contributed by atoms with Gasteiger partial charge in [-0.3, -0.25) is 19.2 Å². The number of hydrogen-bond donors (Lipinski definition) is 0. The van der Waals surface area contributed by atoms with Crippen LogP contribution in [0.5, 0.6) is 0 Å². The van der Waals surface area contributed by atoms with Gasteiger partial charge in [0.25, 0.3) is 0 Å². The van der Waals surface area contributed by atoms with Crippen molar-refractivity contribution in [1.29, 1.82) is 0 Å². The standard InChI is InChI=1S/C26H49NO4.C23H43NO4.C22H41NO4.C21H39NO4/c1-10-14-25(15-11-2,16-12-3)31-22(29)27-19-17-26(18-20-27,23(5,6)7)30-21(28)24(8,9)13-4;1-10-21(8,9)18(25)27-23(20(5,6)7)14-16-24(17-15-23)19(26)28-22(11-2,12-3)13-4;1-10-12-21(8,9)27-18(25)23-15-13-22(14-16-23,19(3,4)5)26-17(24)20(6,7)11-2;1-10-19(6,7)16(23)25-21(18(3,4)5)12-14-22(15-13-21)17(24)26-20(8,9)11-2/h10-20H2,1-9H3;10-17H2,1-9H3;10-16H2,1-9H3;10-15H2,1-9H3. The molecule has 20 nitrogen and oxygen atoms in total. The van der Waals surface area contributed by atoms with E-state index in [-0.39, 0.29) is 81.1 Å². The Bertz CT molecular complexity index is 2910. The number of amides is 4. The minimum absolute atomic E-state index is 0.145. The first-order valence-electron chi connectivity index (χ1n) is 43.9. The Kier molecular flexibility index (Phi) is 39.2. The van der Waals surface area contributed by atoms with Gasteiger partial charge in [-0.05, 0) is 160 Å². The van der Waals surface area contributed by atoms with Gasteiger partial charge in [0.1, 0.15) is 44.8 Å². The van der Waals surface area contributed by atoms with Crippen LogP contribution in [0.15, 0.2) is 0 Å². The van der Waals surface area contributed by atoms with Gasteiger partial charge in [0.05, 0.1) is 21.7 Å². The number of esters is 4. The molecule has 0 unspecified atom stereocenters. The maximum absolute atomic E-state index is 13.1. The topological polar surface area (TPSA) is 223 Å². The zero-order valence-electron chi connectivity index (χ0n) is 78.9. The van der Waals surface area contributed by atoms with E-state index in [0.717, 1.165) is 103 Å². The molecule has 20 heteroatoms. The monoisotopic (exact) mass is 1590 g/mol. The largest absolute Gasteiger partial charge is 0.458 e. The Morgan fingerprint density at radius 3 is 0.598 bits per heavy atom. The minimum Gasteiger partial charge on any atom is -0.458 e. The molecule has 0 spiro atoms. The van der Waals surface area contributed by atoms with E-state index in [4.69, 9.17) is 37.9 Å². The summed E-state index contributed by atoms with van der Waals surface area (Å²) >= 11 is 0. The molecular formula is C92H172N4O16. The highest BCUT2D eigenvalue weighted by Crippen LogP contribution is 2.49. The third kappa shape index (κ3) is 28.7. The highest BCUT2D eigenvalue weighted by molar-refractivity contribution is 5.78. The molecule has 0 aliphatic carbocycles. The maximum Gasteiger partial charge on any atom is 0.410 e. The van der Waals surface area contributed by atoms with Crippen LogP contribution >= 0.6 is 0 Å². The third-order valence-corrected chi connectivity index (χ3v) is 26.8. The van der Waals surface area contributed by atoms with Gasteiger partial charge in [0.15, 0.2) is 0 Å². The number of carbonyl (C=O) groups excluding carboxylic acids is 8. The first-order chi connectivity index (χ1) is 51.0. The average Bonchev–Trinajstić information content (AvgIpc) is 0.785. The fourth-order valence-corrected chi connectivity index (χ4v) is 14.8. The van der Waals surface area contributed by atoms with Crippen molar-refractivity contribution in [2.75, 3.05) is 52.4 Å². The summed E-state index contributed by atoms with van der Waals surface area (Å²) < 4.78 is 48.1. The second-order valence-corrected chi connectivity index (χ2v) is 41.2. The van der Waals surface area contributed by atoms with Crippen molar-refractivity contribution in [2.24, 2.45) is 43.3 Å². The average molecular weight is 1590 g/mol. The zero-order chi connectivity index (χ0) is 87.2. The van der Waals surface area contributed by atoms with Crippen LogP contribution in [-0.2, 0) is 57.1 Å². The fraction of sp³-hybridized carbons (Fsp3) is 0.913. The molecule has 4 fully saturated rings. The van der Waals surface area contributed by atoms with Gasteiger partial charge in [-0.1, -0.05) is 192 Å². The van der Waals surface area contributed by atoms with Crippen LogP contribution in [0.1, 0.15) is 403 Å². The third-order valence-electron chi connectivity index (χ3n) is 26.8. The van der Waals surface area contributed by atoms with Crippen LogP contribution in [0.3, 0.4) is 0 Å². The summed E-state index contributed by atoms with van der Waals surface area (Å²) in [5.74, 6) is -0.602. The molecule has 0 bridgehead atoms. The van der Waals surface area contributed by atoms with Crippen molar-refractivity contribution in [1.82, 2.24) is 19.6 Å². The predicted octanol–water partition coefficient (Wildman–Crippen LogP) is 23.8. The Hall–Kier alpha value is -5.04. The van der Waals surface area contributed by atoms with Crippen LogP contribution in [-0.4, -0.2) is 165 Å². The lowest BCUT2D eigenvalue weighted by atomic mass is 9.70. The van der Waals surface area contributed by atoms with Crippen molar-refractivity contribution in [3.8, 4) is 0 Å². The molecule has 112 heavy (non-hydrogen) atoms. The lowest BCUT2D eigenvalue weighted by Gasteiger charge is -2.50. The summed E-state index contributed by atoms with van der Waals surface area (Å²) in [6.45, 7) is 77.6. The van der Waals surface area contributed by atoms with Crippen LogP contribution in [0.25, 0.3) is 0 Å². The van der Waals surface area contributed by atoms with Gasteiger partial charge in [0.2, 0.25) is 0 Å². The predicted molar refractivity (Wildman–Crippen MR) is 453 cm³/mol. The molecule has 4 saturated heterocycles. The summed E-state index contributed by atoms with van der Waals surface area (Å²) in [6, 6.07) is 0. The summed E-state index contributed by atoms with van der Waals surface area (Å²) in [5.41, 5.74) is -6.75. The molecule has 0 aromatic carbocycles. The van der Waals surface area contributed by atoms with E-state index in [0.29, 0.717) is 104 Å². The van der Waals surface area contributed by atoms with E-state index >= 15 is 0 Å². The maximum atomic E-state index is 13.1.